The second kappa shape index (κ2) is 7.84. The molecule has 1 aromatic heterocycles. The summed E-state index contributed by atoms with van der Waals surface area (Å²) in [6.07, 6.45) is 3.44. The zero-order chi connectivity index (χ0) is 21.8. The molecule has 160 valence electrons. The Balaban J connectivity index is 1.22. The van der Waals surface area contributed by atoms with E-state index >= 15 is 0 Å². The molecule has 31 heavy (non-hydrogen) atoms. The second-order valence-electron chi connectivity index (χ2n) is 7.75. The quantitative estimate of drug-likeness (QED) is 0.496. The summed E-state index contributed by atoms with van der Waals surface area (Å²) >= 11 is 6.69. The minimum Gasteiger partial charge on any atom is -0.334 e. The van der Waals surface area contributed by atoms with Gasteiger partial charge in [0.05, 0.1) is 10.6 Å². The summed E-state index contributed by atoms with van der Waals surface area (Å²) in [5.41, 5.74) is 0.715. The van der Waals surface area contributed by atoms with E-state index in [4.69, 9.17) is 0 Å². The van der Waals surface area contributed by atoms with E-state index in [1.165, 1.54) is 4.31 Å². The fourth-order valence-corrected chi connectivity index (χ4v) is 7.48. The average Bonchev–Trinajstić information content (AvgIpc) is 3.16. The van der Waals surface area contributed by atoms with Gasteiger partial charge in [0.1, 0.15) is 0 Å². The van der Waals surface area contributed by atoms with Crippen LogP contribution in [0.25, 0.3) is 10.8 Å². The van der Waals surface area contributed by atoms with E-state index in [9.17, 15) is 13.2 Å². The van der Waals surface area contributed by atoms with E-state index in [0.717, 1.165) is 15.2 Å². The number of amides is 2. The van der Waals surface area contributed by atoms with E-state index < -0.39 is 10.0 Å². The second-order valence-corrected chi connectivity index (χ2v) is 11.4. The molecule has 0 bridgehead atoms. The molecule has 3 aromatic rings. The molecule has 1 aliphatic heterocycles. The van der Waals surface area contributed by atoms with Crippen molar-refractivity contribution < 1.29 is 13.2 Å². The highest BCUT2D eigenvalue weighted by atomic mass is 79.9. The molecule has 10 heteroatoms. The Kier molecular flexibility index (Phi) is 5.28. The number of pyridine rings is 1. The Morgan fingerprint density at radius 3 is 2.61 bits per heavy atom. The van der Waals surface area contributed by atoms with Crippen LogP contribution in [0, 0.1) is 11.8 Å². The normalized spacial score (nSPS) is 22.8. The molecule has 1 saturated carbocycles. The van der Waals surface area contributed by atoms with Crippen molar-refractivity contribution in [3.8, 4) is 0 Å². The number of carbonyl (C=O) groups is 1. The molecular formula is C21H18Br2N4O3S. The maximum Gasteiger partial charge on any atom is 0.319 e. The smallest absolute Gasteiger partial charge is 0.319 e. The lowest BCUT2D eigenvalue weighted by Gasteiger charge is -2.21. The molecule has 5 rings (SSSR count). The maximum absolute atomic E-state index is 13.0. The van der Waals surface area contributed by atoms with Gasteiger partial charge in [0, 0.05) is 51.2 Å². The van der Waals surface area contributed by atoms with Crippen LogP contribution in [0.4, 0.5) is 10.5 Å². The van der Waals surface area contributed by atoms with Crippen LogP contribution in [-0.2, 0) is 10.0 Å². The average molecular weight is 566 g/mol. The van der Waals surface area contributed by atoms with Gasteiger partial charge < -0.3 is 10.6 Å². The third-order valence-electron chi connectivity index (χ3n) is 5.90. The number of urea groups is 1. The number of benzene rings is 2. The Labute approximate surface area is 196 Å². The largest absolute Gasteiger partial charge is 0.334 e. The van der Waals surface area contributed by atoms with Crippen molar-refractivity contribution in [2.75, 3.05) is 18.4 Å². The molecule has 2 unspecified atom stereocenters. The topological polar surface area (TPSA) is 91.4 Å². The SMILES string of the molecule is O=C(Nc1cccc2cnccc12)NC1C2CN(S(=O)(=O)c3ccc(Br)cc3Br)CC21. The minimum absolute atomic E-state index is 0.0172. The molecule has 2 heterocycles. The zero-order valence-corrected chi connectivity index (χ0v) is 20.1. The predicted octanol–water partition coefficient (Wildman–Crippen LogP) is 4.20. The Bertz CT molecular complexity index is 1280. The number of halogens is 2. The van der Waals surface area contributed by atoms with Gasteiger partial charge in [0.15, 0.2) is 0 Å². The first-order valence-corrected chi connectivity index (χ1v) is 12.7. The van der Waals surface area contributed by atoms with Gasteiger partial charge in [-0.05, 0) is 58.1 Å². The van der Waals surface area contributed by atoms with E-state index in [1.807, 2.05) is 24.3 Å². The highest BCUT2D eigenvalue weighted by Gasteiger charge is 2.58. The van der Waals surface area contributed by atoms with Crippen LogP contribution >= 0.6 is 31.9 Å². The summed E-state index contributed by atoms with van der Waals surface area (Å²) in [5, 5.41) is 7.77. The molecule has 2 aliphatic rings. The van der Waals surface area contributed by atoms with E-state index in [0.29, 0.717) is 23.2 Å². The maximum atomic E-state index is 13.0. The van der Waals surface area contributed by atoms with Gasteiger partial charge in [-0.1, -0.05) is 28.1 Å². The lowest BCUT2D eigenvalue weighted by atomic mass is 10.1. The first kappa shape index (κ1) is 20.9. The monoisotopic (exact) mass is 564 g/mol. The van der Waals surface area contributed by atoms with Crippen LogP contribution in [0.1, 0.15) is 0 Å². The number of anilines is 1. The van der Waals surface area contributed by atoms with Gasteiger partial charge in [-0.15, -0.1) is 0 Å². The number of hydrogen-bond donors (Lipinski definition) is 2. The highest BCUT2D eigenvalue weighted by Crippen LogP contribution is 2.47. The number of fused-ring (bicyclic) bond motifs is 2. The van der Waals surface area contributed by atoms with Gasteiger partial charge in [-0.25, -0.2) is 13.2 Å². The summed E-state index contributed by atoms with van der Waals surface area (Å²) in [7, 11) is -3.58. The number of piperidine rings is 1. The van der Waals surface area contributed by atoms with Crippen molar-refractivity contribution in [1.82, 2.24) is 14.6 Å². The van der Waals surface area contributed by atoms with Crippen molar-refractivity contribution in [1.29, 1.82) is 0 Å². The van der Waals surface area contributed by atoms with Crippen molar-refractivity contribution in [3.05, 3.63) is 63.8 Å². The van der Waals surface area contributed by atoms with Crippen LogP contribution in [0.15, 0.2) is 68.7 Å². The van der Waals surface area contributed by atoms with Crippen molar-refractivity contribution >= 4 is 64.4 Å². The first-order chi connectivity index (χ1) is 14.8. The summed E-state index contributed by atoms with van der Waals surface area (Å²) in [5.74, 6) is 0.262. The number of nitrogens with zero attached hydrogens (tertiary/aromatic N) is 2. The molecule has 0 radical (unpaired) electrons. The van der Waals surface area contributed by atoms with E-state index in [-0.39, 0.29) is 28.8 Å². The molecule has 2 N–H and O–H groups in total. The summed E-state index contributed by atoms with van der Waals surface area (Å²) in [6.45, 7) is 0.806. The zero-order valence-electron chi connectivity index (χ0n) is 16.1. The fraction of sp³-hybridized carbons (Fsp3) is 0.238. The number of sulfonamides is 1. The van der Waals surface area contributed by atoms with Gasteiger partial charge in [0.25, 0.3) is 0 Å². The third kappa shape index (κ3) is 3.86. The fourth-order valence-electron chi connectivity index (χ4n) is 4.26. The minimum atomic E-state index is -3.58. The van der Waals surface area contributed by atoms with E-state index in [1.54, 1.807) is 30.6 Å². The number of nitrogens with one attached hydrogen (secondary N) is 2. The van der Waals surface area contributed by atoms with Crippen LogP contribution in [0.5, 0.6) is 0 Å². The molecule has 1 aliphatic carbocycles. The standard InChI is InChI=1S/C21H18Br2N4O3S/c22-13-4-5-19(17(23)8-13)31(29,30)27-10-15-16(11-27)20(15)26-21(28)25-18-3-1-2-12-9-24-7-6-14(12)18/h1-9,15-16,20H,10-11H2,(H2,25,26,28). The van der Waals surface area contributed by atoms with Crippen molar-refractivity contribution in [2.45, 2.75) is 10.9 Å². The van der Waals surface area contributed by atoms with Crippen molar-refractivity contribution in [2.24, 2.45) is 11.8 Å². The predicted molar refractivity (Wildman–Crippen MR) is 125 cm³/mol. The molecule has 0 spiro atoms. The van der Waals surface area contributed by atoms with Crippen LogP contribution in [-0.4, -0.2) is 42.9 Å². The van der Waals surface area contributed by atoms with Crippen LogP contribution in [0.2, 0.25) is 0 Å². The number of carbonyl (C=O) groups excluding carboxylic acids is 1. The number of rotatable bonds is 4. The van der Waals surface area contributed by atoms with E-state index in [2.05, 4.69) is 47.5 Å². The Morgan fingerprint density at radius 2 is 1.87 bits per heavy atom. The highest BCUT2D eigenvalue weighted by molar-refractivity contribution is 9.11. The van der Waals surface area contributed by atoms with Crippen molar-refractivity contribution in [3.63, 3.8) is 0 Å². The summed E-state index contributed by atoms with van der Waals surface area (Å²) in [4.78, 5) is 16.9. The molecule has 2 fully saturated rings. The molecular weight excluding hydrogens is 548 g/mol. The van der Waals surface area contributed by atoms with Crippen LogP contribution in [0.3, 0.4) is 0 Å². The Hall–Kier alpha value is -2.01. The molecule has 2 amide bonds. The molecule has 2 aromatic carbocycles. The third-order valence-corrected chi connectivity index (χ3v) is 9.20. The lowest BCUT2D eigenvalue weighted by Crippen LogP contribution is -2.39. The van der Waals surface area contributed by atoms with Crippen LogP contribution < -0.4 is 10.6 Å². The van der Waals surface area contributed by atoms with Gasteiger partial charge in [0.2, 0.25) is 10.0 Å². The number of hydrogen-bond acceptors (Lipinski definition) is 4. The summed E-state index contributed by atoms with van der Waals surface area (Å²) < 4.78 is 28.8. The Morgan fingerprint density at radius 1 is 1.10 bits per heavy atom. The summed E-state index contributed by atoms with van der Waals surface area (Å²) in [6, 6.07) is 12.2. The molecule has 2 atom stereocenters. The molecule has 1 saturated heterocycles. The molecule has 7 nitrogen and oxygen atoms in total. The number of aromatic nitrogens is 1. The van der Waals surface area contributed by atoms with Gasteiger partial charge >= 0.3 is 6.03 Å². The van der Waals surface area contributed by atoms with Gasteiger partial charge in [-0.2, -0.15) is 4.31 Å². The first-order valence-electron chi connectivity index (χ1n) is 9.70. The van der Waals surface area contributed by atoms with Gasteiger partial charge in [-0.3, -0.25) is 4.98 Å². The lowest BCUT2D eigenvalue weighted by molar-refractivity contribution is 0.250.